The third kappa shape index (κ3) is 2.49. The lowest BCUT2D eigenvalue weighted by atomic mass is 9.97. The van der Waals surface area contributed by atoms with E-state index in [0.29, 0.717) is 25.1 Å². The maximum absolute atomic E-state index is 11.8. The first kappa shape index (κ1) is 13.6. The summed E-state index contributed by atoms with van der Waals surface area (Å²) < 4.78 is 5.02. The van der Waals surface area contributed by atoms with Crippen molar-refractivity contribution in [1.82, 2.24) is 9.88 Å². The Morgan fingerprint density at radius 1 is 1.74 bits per heavy atom. The molecule has 1 aromatic heterocycles. The molecule has 2 heterocycles. The Bertz CT molecular complexity index is 554. The van der Waals surface area contributed by atoms with E-state index < -0.39 is 0 Å². The number of carbonyl (C=O) groups is 1. The smallest absolute Gasteiger partial charge is 0.410 e. The minimum Gasteiger partial charge on any atom is -0.450 e. The van der Waals surface area contributed by atoms with Crippen LogP contribution in [-0.4, -0.2) is 29.1 Å². The van der Waals surface area contributed by atoms with Crippen LogP contribution in [0.25, 0.3) is 0 Å². The van der Waals surface area contributed by atoms with Crippen molar-refractivity contribution in [1.29, 1.82) is 5.26 Å². The van der Waals surface area contributed by atoms with Gasteiger partial charge in [-0.05, 0) is 25.5 Å². The zero-order valence-electron chi connectivity index (χ0n) is 10.8. The summed E-state index contributed by atoms with van der Waals surface area (Å²) in [6.45, 7) is 4.56. The highest BCUT2D eigenvalue weighted by Crippen LogP contribution is 2.31. The fourth-order valence-electron chi connectivity index (χ4n) is 2.23. The predicted octanol–water partition coefficient (Wildman–Crippen LogP) is 2.68. The Hall–Kier alpha value is -1.80. The average molecular weight is 280 g/mol. The first-order chi connectivity index (χ1) is 9.08. The second-order valence-electron chi connectivity index (χ2n) is 4.29. The van der Waals surface area contributed by atoms with Gasteiger partial charge in [0.15, 0.2) is 0 Å². The highest BCUT2D eigenvalue weighted by molar-refractivity contribution is 6.30. The zero-order chi connectivity index (χ0) is 14.0. The average Bonchev–Trinajstić information content (AvgIpc) is 2.38. The third-order valence-corrected chi connectivity index (χ3v) is 3.51. The minimum atomic E-state index is -0.339. The molecular formula is C13H14ClN3O2. The number of ether oxygens (including phenoxy) is 1. The maximum atomic E-state index is 11.8. The largest absolute Gasteiger partial charge is 0.450 e. The molecule has 1 atom stereocenters. The van der Waals surface area contributed by atoms with Gasteiger partial charge in [0.25, 0.3) is 0 Å². The molecule has 5 nitrogen and oxygen atoms in total. The van der Waals surface area contributed by atoms with E-state index in [2.05, 4.69) is 4.98 Å². The summed E-state index contributed by atoms with van der Waals surface area (Å²) >= 11 is 5.92. The maximum Gasteiger partial charge on any atom is 0.410 e. The Labute approximate surface area is 116 Å². The summed E-state index contributed by atoms with van der Waals surface area (Å²) in [5.41, 5.74) is 2.04. The summed E-state index contributed by atoms with van der Waals surface area (Å²) in [5.74, 6) is 0. The molecule has 0 saturated carbocycles. The summed E-state index contributed by atoms with van der Waals surface area (Å²) in [6.07, 6.45) is 0.276. The standard InChI is InChI=1S/C13H14ClN3O2/c1-3-19-13(18)17-5-4-11-10(8(17)2)6-9(7-15)12(14)16-11/h6,8H,3-5H2,1-2H3. The quantitative estimate of drug-likeness (QED) is 0.741. The van der Waals surface area contributed by atoms with Crippen molar-refractivity contribution in [3.63, 3.8) is 0 Å². The first-order valence-electron chi connectivity index (χ1n) is 6.11. The molecule has 1 unspecified atom stereocenters. The molecule has 1 aliphatic rings. The van der Waals surface area contributed by atoms with Gasteiger partial charge in [-0.25, -0.2) is 9.78 Å². The Morgan fingerprint density at radius 2 is 2.47 bits per heavy atom. The third-order valence-electron chi connectivity index (χ3n) is 3.22. The number of fused-ring (bicyclic) bond motifs is 1. The number of aromatic nitrogens is 1. The van der Waals surface area contributed by atoms with Crippen molar-refractivity contribution in [2.45, 2.75) is 26.3 Å². The van der Waals surface area contributed by atoms with E-state index in [9.17, 15) is 4.79 Å². The fraction of sp³-hybridized carbons (Fsp3) is 0.462. The first-order valence-corrected chi connectivity index (χ1v) is 6.49. The van der Waals surface area contributed by atoms with Crippen LogP contribution in [0.2, 0.25) is 5.15 Å². The number of halogens is 1. The van der Waals surface area contributed by atoms with Crippen LogP contribution in [0.1, 0.15) is 36.7 Å². The molecule has 0 saturated heterocycles. The van der Waals surface area contributed by atoms with Crippen LogP contribution >= 0.6 is 11.6 Å². The number of nitrogens with zero attached hydrogens (tertiary/aromatic N) is 3. The van der Waals surface area contributed by atoms with Gasteiger partial charge in [-0.3, -0.25) is 0 Å². The number of carbonyl (C=O) groups excluding carboxylic acids is 1. The summed E-state index contributed by atoms with van der Waals surface area (Å²) in [5, 5.41) is 9.21. The fourth-order valence-corrected chi connectivity index (χ4v) is 2.42. The number of rotatable bonds is 1. The van der Waals surface area contributed by atoms with Crippen molar-refractivity contribution < 1.29 is 9.53 Å². The molecule has 0 N–H and O–H groups in total. The predicted molar refractivity (Wildman–Crippen MR) is 69.8 cm³/mol. The Balaban J connectivity index is 2.35. The Morgan fingerprint density at radius 3 is 3.11 bits per heavy atom. The van der Waals surface area contributed by atoms with Gasteiger partial charge in [0.2, 0.25) is 0 Å². The van der Waals surface area contributed by atoms with Gasteiger partial charge in [-0.15, -0.1) is 0 Å². The molecule has 0 bridgehead atoms. The molecule has 0 spiro atoms. The molecule has 1 aliphatic heterocycles. The molecule has 6 heteroatoms. The second kappa shape index (κ2) is 5.45. The molecule has 1 amide bonds. The molecule has 0 aliphatic carbocycles. The van der Waals surface area contributed by atoms with Gasteiger partial charge in [0, 0.05) is 18.7 Å². The molecule has 1 aromatic rings. The lowest BCUT2D eigenvalue weighted by Crippen LogP contribution is -2.39. The van der Waals surface area contributed by atoms with E-state index >= 15 is 0 Å². The van der Waals surface area contributed by atoms with Crippen molar-refractivity contribution in [2.24, 2.45) is 0 Å². The van der Waals surface area contributed by atoms with E-state index in [-0.39, 0.29) is 17.3 Å². The van der Waals surface area contributed by atoms with Crippen LogP contribution < -0.4 is 0 Å². The highest BCUT2D eigenvalue weighted by Gasteiger charge is 2.30. The molecular weight excluding hydrogens is 266 g/mol. The van der Waals surface area contributed by atoms with Gasteiger partial charge >= 0.3 is 6.09 Å². The van der Waals surface area contributed by atoms with E-state index in [1.165, 1.54) is 0 Å². The normalized spacial score (nSPS) is 17.6. The molecule has 100 valence electrons. The minimum absolute atomic E-state index is 0.167. The van der Waals surface area contributed by atoms with E-state index in [4.69, 9.17) is 21.6 Å². The van der Waals surface area contributed by atoms with Gasteiger partial charge in [0.05, 0.1) is 18.2 Å². The van der Waals surface area contributed by atoms with Crippen LogP contribution in [-0.2, 0) is 11.2 Å². The SMILES string of the molecule is CCOC(=O)N1CCc2nc(Cl)c(C#N)cc2C1C. The number of nitriles is 1. The van der Waals surface area contributed by atoms with Crippen LogP contribution in [0.15, 0.2) is 6.07 Å². The van der Waals surface area contributed by atoms with E-state index in [1.54, 1.807) is 17.9 Å². The van der Waals surface area contributed by atoms with E-state index in [0.717, 1.165) is 11.3 Å². The molecule has 2 rings (SSSR count). The van der Waals surface area contributed by atoms with Crippen LogP contribution in [0.4, 0.5) is 4.79 Å². The number of pyridine rings is 1. The van der Waals surface area contributed by atoms with Crippen molar-refractivity contribution >= 4 is 17.7 Å². The van der Waals surface area contributed by atoms with Gasteiger partial charge in [0.1, 0.15) is 11.2 Å². The summed E-state index contributed by atoms with van der Waals surface area (Å²) in [6, 6.07) is 3.55. The number of hydrogen-bond acceptors (Lipinski definition) is 4. The summed E-state index contributed by atoms with van der Waals surface area (Å²) in [4.78, 5) is 17.7. The lowest BCUT2D eigenvalue weighted by molar-refractivity contribution is 0.0898. The van der Waals surface area contributed by atoms with Crippen LogP contribution in [0.3, 0.4) is 0 Å². The van der Waals surface area contributed by atoms with E-state index in [1.807, 2.05) is 13.0 Å². The summed E-state index contributed by atoms with van der Waals surface area (Å²) in [7, 11) is 0. The lowest BCUT2D eigenvalue weighted by Gasteiger charge is -2.33. The van der Waals surface area contributed by atoms with Crippen molar-refractivity contribution in [3.05, 3.63) is 28.0 Å². The van der Waals surface area contributed by atoms with Gasteiger partial charge < -0.3 is 9.64 Å². The van der Waals surface area contributed by atoms with Gasteiger partial charge in [-0.2, -0.15) is 5.26 Å². The van der Waals surface area contributed by atoms with Gasteiger partial charge in [-0.1, -0.05) is 11.6 Å². The van der Waals surface area contributed by atoms with Crippen LogP contribution in [0, 0.1) is 11.3 Å². The number of amides is 1. The number of hydrogen-bond donors (Lipinski definition) is 0. The molecule has 0 aromatic carbocycles. The molecule has 19 heavy (non-hydrogen) atoms. The molecule has 0 fully saturated rings. The Kier molecular flexibility index (Phi) is 3.91. The zero-order valence-corrected chi connectivity index (χ0v) is 11.6. The highest BCUT2D eigenvalue weighted by atomic mass is 35.5. The second-order valence-corrected chi connectivity index (χ2v) is 4.65. The topological polar surface area (TPSA) is 66.2 Å². The van der Waals surface area contributed by atoms with Crippen molar-refractivity contribution in [2.75, 3.05) is 13.2 Å². The van der Waals surface area contributed by atoms with Crippen molar-refractivity contribution in [3.8, 4) is 6.07 Å². The van der Waals surface area contributed by atoms with Crippen LogP contribution in [0.5, 0.6) is 0 Å². The molecule has 0 radical (unpaired) electrons. The monoisotopic (exact) mass is 279 g/mol.